The van der Waals surface area contributed by atoms with Crippen LogP contribution in [0.5, 0.6) is 0 Å². The van der Waals surface area contributed by atoms with E-state index < -0.39 is 34.6 Å². The van der Waals surface area contributed by atoms with Gasteiger partial charge in [0.15, 0.2) is 5.00 Å². The van der Waals surface area contributed by atoms with Gasteiger partial charge in [0, 0.05) is 12.3 Å². The Morgan fingerprint density at radius 2 is 2.32 bits per heavy atom. The molecule has 2 rings (SSSR count). The molecule has 106 valence electrons. The second kappa shape index (κ2) is 4.75. The summed E-state index contributed by atoms with van der Waals surface area (Å²) in [7, 11) is 0. The zero-order chi connectivity index (χ0) is 14.3. The first-order valence-electron chi connectivity index (χ1n) is 5.84. The number of aliphatic hydroxyl groups excluding tert-OH is 2. The lowest BCUT2D eigenvalue weighted by Gasteiger charge is -2.33. The molecule has 3 N–H and O–H groups in total. The number of nitrogens with zero attached hydrogens (tertiary/aromatic N) is 1. The number of halogens is 1. The normalized spacial score (nSPS) is 34.6. The number of rotatable bonds is 3. The highest BCUT2D eigenvalue weighted by Crippen LogP contribution is 2.42. The number of aromatic nitrogens is 2. The SMILES string of the molecule is CC[C@]1(CO)OC[C@@](Cl)(n2ccc(=O)[nH]c2=O)[C@@H]1O. The molecule has 1 aliphatic rings. The average Bonchev–Trinajstić information content (AvgIpc) is 2.64. The van der Waals surface area contributed by atoms with Gasteiger partial charge in [-0.15, -0.1) is 0 Å². The number of H-pyrrole nitrogens is 1. The van der Waals surface area contributed by atoms with Crippen molar-refractivity contribution < 1.29 is 14.9 Å². The summed E-state index contributed by atoms with van der Waals surface area (Å²) in [5.74, 6) is 0. The van der Waals surface area contributed by atoms with Crippen molar-refractivity contribution in [2.75, 3.05) is 13.2 Å². The molecular weight excluding hydrogens is 276 g/mol. The van der Waals surface area contributed by atoms with E-state index in [0.29, 0.717) is 6.42 Å². The van der Waals surface area contributed by atoms with Crippen molar-refractivity contribution in [3.8, 4) is 0 Å². The molecule has 1 aromatic heterocycles. The average molecular weight is 291 g/mol. The Kier molecular flexibility index (Phi) is 3.57. The third-order valence-corrected chi connectivity index (χ3v) is 4.07. The summed E-state index contributed by atoms with van der Waals surface area (Å²) in [4.78, 5) is 23.3. The summed E-state index contributed by atoms with van der Waals surface area (Å²) in [6.07, 6.45) is 0.237. The first-order chi connectivity index (χ1) is 8.89. The highest BCUT2D eigenvalue weighted by atomic mass is 35.5. The second-order valence-electron chi connectivity index (χ2n) is 4.57. The number of aromatic amines is 1. The Hall–Kier alpha value is -1.15. The van der Waals surface area contributed by atoms with Gasteiger partial charge in [0.25, 0.3) is 5.56 Å². The van der Waals surface area contributed by atoms with Gasteiger partial charge < -0.3 is 14.9 Å². The van der Waals surface area contributed by atoms with Crippen LogP contribution in [-0.2, 0) is 9.73 Å². The van der Waals surface area contributed by atoms with Crippen molar-refractivity contribution in [1.29, 1.82) is 0 Å². The monoisotopic (exact) mass is 290 g/mol. The van der Waals surface area contributed by atoms with E-state index in [2.05, 4.69) is 4.98 Å². The minimum absolute atomic E-state index is 0.157. The summed E-state index contributed by atoms with van der Waals surface area (Å²) in [6.45, 7) is 1.16. The molecule has 8 heteroatoms. The molecule has 7 nitrogen and oxygen atoms in total. The molecule has 0 spiro atoms. The molecule has 3 atom stereocenters. The van der Waals surface area contributed by atoms with Crippen LogP contribution >= 0.6 is 11.6 Å². The molecule has 0 aromatic carbocycles. The maximum Gasteiger partial charge on any atom is 0.329 e. The molecule has 1 aliphatic heterocycles. The maximum absolute atomic E-state index is 11.8. The molecule has 0 unspecified atom stereocenters. The van der Waals surface area contributed by atoms with Crippen molar-refractivity contribution in [3.63, 3.8) is 0 Å². The van der Waals surface area contributed by atoms with E-state index in [1.54, 1.807) is 6.92 Å². The van der Waals surface area contributed by atoms with Crippen molar-refractivity contribution in [2.24, 2.45) is 0 Å². The fourth-order valence-electron chi connectivity index (χ4n) is 2.26. The van der Waals surface area contributed by atoms with Crippen LogP contribution < -0.4 is 11.2 Å². The lowest BCUT2D eigenvalue weighted by Crippen LogP contribution is -2.53. The van der Waals surface area contributed by atoms with E-state index in [1.807, 2.05) is 0 Å². The molecule has 1 saturated heterocycles. The quantitative estimate of drug-likeness (QED) is 0.617. The predicted octanol–water partition coefficient (Wildman–Crippen LogP) is -1.04. The number of aliphatic hydroxyl groups is 2. The third kappa shape index (κ3) is 2.02. The summed E-state index contributed by atoms with van der Waals surface area (Å²) < 4.78 is 6.43. The number of alkyl halides is 1. The van der Waals surface area contributed by atoms with Crippen LogP contribution in [0.2, 0.25) is 0 Å². The summed E-state index contributed by atoms with van der Waals surface area (Å²) in [6, 6.07) is 1.13. The Morgan fingerprint density at radius 3 is 2.79 bits per heavy atom. The number of nitrogens with one attached hydrogen (secondary N) is 1. The minimum Gasteiger partial charge on any atom is -0.393 e. The number of hydrogen-bond acceptors (Lipinski definition) is 5. The van der Waals surface area contributed by atoms with Crippen molar-refractivity contribution in [2.45, 2.75) is 30.0 Å². The van der Waals surface area contributed by atoms with Crippen LogP contribution in [-0.4, -0.2) is 44.7 Å². The largest absolute Gasteiger partial charge is 0.393 e. The molecule has 0 amide bonds. The van der Waals surface area contributed by atoms with Crippen LogP contribution in [0.1, 0.15) is 13.3 Å². The lowest BCUT2D eigenvalue weighted by molar-refractivity contribution is -0.0946. The van der Waals surface area contributed by atoms with E-state index in [4.69, 9.17) is 16.3 Å². The molecule has 0 saturated carbocycles. The van der Waals surface area contributed by atoms with Gasteiger partial charge in [-0.3, -0.25) is 14.3 Å². The van der Waals surface area contributed by atoms with E-state index in [1.165, 1.54) is 6.20 Å². The topological polar surface area (TPSA) is 105 Å². The van der Waals surface area contributed by atoms with E-state index in [9.17, 15) is 19.8 Å². The van der Waals surface area contributed by atoms with Crippen LogP contribution in [0.15, 0.2) is 21.9 Å². The van der Waals surface area contributed by atoms with E-state index in [-0.39, 0.29) is 6.61 Å². The second-order valence-corrected chi connectivity index (χ2v) is 5.22. The fourth-order valence-corrected chi connectivity index (χ4v) is 2.64. The summed E-state index contributed by atoms with van der Waals surface area (Å²) in [5, 5.41) is 19.7. The van der Waals surface area contributed by atoms with Gasteiger partial charge in [-0.05, 0) is 6.42 Å². The first-order valence-corrected chi connectivity index (χ1v) is 6.21. The molecule has 2 heterocycles. The van der Waals surface area contributed by atoms with Gasteiger partial charge >= 0.3 is 5.69 Å². The molecule has 1 fully saturated rings. The lowest BCUT2D eigenvalue weighted by atomic mass is 9.92. The van der Waals surface area contributed by atoms with E-state index in [0.717, 1.165) is 10.6 Å². The smallest absolute Gasteiger partial charge is 0.329 e. The zero-order valence-electron chi connectivity index (χ0n) is 10.3. The standard InChI is InChI=1S/C11H15ClN2O5/c1-2-10(5-15)8(17)11(12,6-19-10)14-4-3-7(16)13-9(14)18/h3-4,8,15,17H,2,5-6H2,1H3,(H,13,16,18)/t8-,10-,11-/m1/s1. The first kappa shape index (κ1) is 14.3. The van der Waals surface area contributed by atoms with Gasteiger partial charge in [-0.2, -0.15) is 0 Å². The van der Waals surface area contributed by atoms with Gasteiger partial charge in [0.1, 0.15) is 11.7 Å². The van der Waals surface area contributed by atoms with E-state index >= 15 is 0 Å². The van der Waals surface area contributed by atoms with Gasteiger partial charge in [-0.25, -0.2) is 4.79 Å². The van der Waals surface area contributed by atoms with Gasteiger partial charge in [0.05, 0.1) is 13.2 Å². The summed E-state index contributed by atoms with van der Waals surface area (Å²) >= 11 is 6.30. The minimum atomic E-state index is -1.56. The van der Waals surface area contributed by atoms with Crippen molar-refractivity contribution in [1.82, 2.24) is 9.55 Å². The van der Waals surface area contributed by atoms with Gasteiger partial charge in [0.2, 0.25) is 0 Å². The fraction of sp³-hybridized carbons (Fsp3) is 0.636. The molecule has 0 radical (unpaired) electrons. The van der Waals surface area contributed by atoms with Crippen LogP contribution in [0, 0.1) is 0 Å². The van der Waals surface area contributed by atoms with Crippen LogP contribution in [0.4, 0.5) is 0 Å². The third-order valence-electron chi connectivity index (χ3n) is 3.57. The summed E-state index contributed by atoms with van der Waals surface area (Å²) in [5.41, 5.74) is -2.51. The molecular formula is C11H15ClN2O5. The maximum atomic E-state index is 11.8. The highest BCUT2D eigenvalue weighted by Gasteiger charge is 2.58. The molecule has 0 bridgehead atoms. The predicted molar refractivity (Wildman–Crippen MR) is 67.2 cm³/mol. The zero-order valence-corrected chi connectivity index (χ0v) is 11.1. The Balaban J connectivity index is 2.50. The van der Waals surface area contributed by atoms with Crippen LogP contribution in [0.3, 0.4) is 0 Å². The molecule has 0 aliphatic carbocycles. The van der Waals surface area contributed by atoms with Crippen LogP contribution in [0.25, 0.3) is 0 Å². The Morgan fingerprint density at radius 1 is 1.63 bits per heavy atom. The van der Waals surface area contributed by atoms with Crippen molar-refractivity contribution >= 4 is 11.6 Å². The highest BCUT2D eigenvalue weighted by molar-refractivity contribution is 6.22. The molecule has 19 heavy (non-hydrogen) atoms. The van der Waals surface area contributed by atoms with Crippen molar-refractivity contribution in [3.05, 3.63) is 33.1 Å². The van der Waals surface area contributed by atoms with Gasteiger partial charge in [-0.1, -0.05) is 18.5 Å². The Bertz CT molecular complexity index is 579. The number of hydrogen-bond donors (Lipinski definition) is 3. The molecule has 1 aromatic rings. The number of ether oxygens (including phenoxy) is 1. The Labute approximate surface area is 113 Å².